The van der Waals surface area contributed by atoms with E-state index in [0.717, 1.165) is 39.1 Å². The van der Waals surface area contributed by atoms with Crippen molar-refractivity contribution in [3.8, 4) is 0 Å². The van der Waals surface area contributed by atoms with Crippen LogP contribution >= 0.6 is 0 Å². The maximum atomic E-state index is 12.6. The minimum Gasteiger partial charge on any atom is -0.384 e. The van der Waals surface area contributed by atoms with Crippen LogP contribution in [-0.4, -0.2) is 43.7 Å². The Morgan fingerprint density at radius 2 is 2.20 bits per heavy atom. The summed E-state index contributed by atoms with van der Waals surface area (Å²) >= 11 is 0. The molecule has 0 spiro atoms. The van der Waals surface area contributed by atoms with E-state index in [1.807, 2.05) is 4.90 Å². The van der Waals surface area contributed by atoms with Crippen molar-refractivity contribution < 1.29 is 9.53 Å². The molecule has 0 saturated carbocycles. The zero-order valence-electron chi connectivity index (χ0n) is 12.0. The average molecular weight is 274 g/mol. The van der Waals surface area contributed by atoms with E-state index in [1.54, 1.807) is 7.11 Å². The molecule has 0 radical (unpaired) electrons. The van der Waals surface area contributed by atoms with Gasteiger partial charge < -0.3 is 15.0 Å². The number of methoxy groups -OCH3 is 1. The lowest BCUT2D eigenvalue weighted by molar-refractivity contribution is -0.132. The van der Waals surface area contributed by atoms with Crippen LogP contribution in [0.5, 0.6) is 0 Å². The third-order valence-electron chi connectivity index (χ3n) is 4.38. The number of amides is 1. The number of nitrogens with zero attached hydrogens (tertiary/aromatic N) is 1. The van der Waals surface area contributed by atoms with Gasteiger partial charge in [-0.25, -0.2) is 0 Å². The van der Waals surface area contributed by atoms with E-state index < -0.39 is 0 Å². The van der Waals surface area contributed by atoms with Gasteiger partial charge in [0.15, 0.2) is 0 Å². The zero-order chi connectivity index (χ0) is 13.9. The maximum Gasteiger partial charge on any atom is 0.240 e. The van der Waals surface area contributed by atoms with Crippen molar-refractivity contribution in [2.24, 2.45) is 5.92 Å². The zero-order valence-corrected chi connectivity index (χ0v) is 12.0. The lowest BCUT2D eigenvalue weighted by Gasteiger charge is -2.29. The first kappa shape index (κ1) is 13.6. The average Bonchev–Trinajstić information content (AvgIpc) is 2.95. The summed E-state index contributed by atoms with van der Waals surface area (Å²) < 4.78 is 5.19. The quantitative estimate of drug-likeness (QED) is 0.900. The van der Waals surface area contributed by atoms with Crippen LogP contribution in [0.3, 0.4) is 0 Å². The lowest BCUT2D eigenvalue weighted by atomic mass is 9.95. The Morgan fingerprint density at radius 1 is 1.40 bits per heavy atom. The number of rotatable bonds is 3. The topological polar surface area (TPSA) is 41.6 Å². The second-order valence-corrected chi connectivity index (χ2v) is 5.80. The lowest BCUT2D eigenvalue weighted by Crippen LogP contribution is -2.48. The first-order chi connectivity index (χ1) is 9.78. The molecular weight excluding hydrogens is 252 g/mol. The van der Waals surface area contributed by atoms with E-state index in [0.29, 0.717) is 5.92 Å². The van der Waals surface area contributed by atoms with E-state index in [2.05, 4.69) is 29.6 Å². The Hall–Kier alpha value is -1.39. The molecule has 1 aromatic rings. The van der Waals surface area contributed by atoms with Crippen molar-refractivity contribution in [2.75, 3.05) is 26.8 Å². The molecule has 2 atom stereocenters. The summed E-state index contributed by atoms with van der Waals surface area (Å²) in [4.78, 5) is 14.6. The first-order valence-corrected chi connectivity index (χ1v) is 7.36. The highest BCUT2D eigenvalue weighted by atomic mass is 16.5. The van der Waals surface area contributed by atoms with Crippen molar-refractivity contribution in [1.29, 1.82) is 0 Å². The molecule has 0 aliphatic carbocycles. The van der Waals surface area contributed by atoms with Crippen LogP contribution in [0.1, 0.15) is 17.5 Å². The Kier molecular flexibility index (Phi) is 4.03. The van der Waals surface area contributed by atoms with Gasteiger partial charge in [0.1, 0.15) is 0 Å². The fourth-order valence-electron chi connectivity index (χ4n) is 3.25. The van der Waals surface area contributed by atoms with Gasteiger partial charge in [0.25, 0.3) is 0 Å². The minimum atomic E-state index is -0.0637. The molecule has 4 nitrogen and oxygen atoms in total. The number of ether oxygens (including phenoxy) is 1. The maximum absolute atomic E-state index is 12.6. The molecule has 1 saturated heterocycles. The van der Waals surface area contributed by atoms with Crippen LogP contribution in [0.2, 0.25) is 0 Å². The molecular formula is C16H22N2O2. The normalized spacial score (nSPS) is 25.6. The molecule has 1 aromatic carbocycles. The number of fused-ring (bicyclic) bond motifs is 1. The summed E-state index contributed by atoms with van der Waals surface area (Å²) in [5.74, 6) is 0.748. The van der Waals surface area contributed by atoms with Gasteiger partial charge in [-0.1, -0.05) is 24.3 Å². The molecule has 1 N–H and O–H groups in total. The summed E-state index contributed by atoms with van der Waals surface area (Å²) in [6.07, 6.45) is 1.86. The molecule has 2 heterocycles. The number of hydrogen-bond acceptors (Lipinski definition) is 3. The fraction of sp³-hybridized carbons (Fsp3) is 0.562. The van der Waals surface area contributed by atoms with Gasteiger partial charge in [-0.15, -0.1) is 0 Å². The number of benzene rings is 1. The fourth-order valence-corrected chi connectivity index (χ4v) is 3.25. The monoisotopic (exact) mass is 274 g/mol. The Bertz CT molecular complexity index is 489. The third kappa shape index (κ3) is 2.72. The van der Waals surface area contributed by atoms with Crippen molar-refractivity contribution in [2.45, 2.75) is 25.4 Å². The van der Waals surface area contributed by atoms with Gasteiger partial charge in [0.2, 0.25) is 5.91 Å². The van der Waals surface area contributed by atoms with E-state index in [-0.39, 0.29) is 11.9 Å². The molecule has 108 valence electrons. The van der Waals surface area contributed by atoms with E-state index in [1.165, 1.54) is 11.1 Å². The van der Waals surface area contributed by atoms with Crippen LogP contribution in [0, 0.1) is 5.92 Å². The predicted octanol–water partition coefficient (Wildman–Crippen LogP) is 1.20. The minimum absolute atomic E-state index is 0.0637. The number of likely N-dealkylation sites (tertiary alicyclic amines) is 1. The third-order valence-corrected chi connectivity index (χ3v) is 4.38. The largest absolute Gasteiger partial charge is 0.384 e. The molecule has 2 aliphatic heterocycles. The number of carbonyl (C=O) groups is 1. The molecule has 0 bridgehead atoms. The summed E-state index contributed by atoms with van der Waals surface area (Å²) in [7, 11) is 1.73. The molecule has 2 aliphatic rings. The summed E-state index contributed by atoms with van der Waals surface area (Å²) in [6, 6.07) is 8.31. The van der Waals surface area contributed by atoms with Gasteiger partial charge in [-0.05, 0) is 24.0 Å². The van der Waals surface area contributed by atoms with Crippen LogP contribution in [0.15, 0.2) is 24.3 Å². The second kappa shape index (κ2) is 5.94. The van der Waals surface area contributed by atoms with Gasteiger partial charge in [0, 0.05) is 32.7 Å². The Labute approximate surface area is 120 Å². The Morgan fingerprint density at radius 3 is 3.00 bits per heavy atom. The van der Waals surface area contributed by atoms with Gasteiger partial charge >= 0.3 is 0 Å². The SMILES string of the molecule is COCC1CCN(C(=O)[C@@H]2Cc3ccccc3CN2)C1. The molecule has 4 heteroatoms. The molecule has 3 rings (SSSR count). The van der Waals surface area contributed by atoms with Crippen molar-refractivity contribution in [3.63, 3.8) is 0 Å². The van der Waals surface area contributed by atoms with Crippen LogP contribution < -0.4 is 5.32 Å². The number of carbonyl (C=O) groups excluding carboxylic acids is 1. The van der Waals surface area contributed by atoms with Crippen LogP contribution in [-0.2, 0) is 22.5 Å². The van der Waals surface area contributed by atoms with Crippen LogP contribution in [0.4, 0.5) is 0 Å². The van der Waals surface area contributed by atoms with Gasteiger partial charge in [-0.2, -0.15) is 0 Å². The molecule has 0 aromatic heterocycles. The van der Waals surface area contributed by atoms with Crippen molar-refractivity contribution in [3.05, 3.63) is 35.4 Å². The van der Waals surface area contributed by atoms with Gasteiger partial charge in [-0.3, -0.25) is 4.79 Å². The summed E-state index contributed by atoms with van der Waals surface area (Å²) in [5, 5.41) is 3.38. The first-order valence-electron chi connectivity index (χ1n) is 7.36. The number of hydrogen-bond donors (Lipinski definition) is 1. The standard InChI is InChI=1S/C16H22N2O2/c1-20-11-12-6-7-18(10-12)16(19)15-8-13-4-2-3-5-14(13)9-17-15/h2-5,12,15,17H,6-11H2,1H3/t12?,15-/m0/s1. The summed E-state index contributed by atoms with van der Waals surface area (Å²) in [6.45, 7) is 3.26. The highest BCUT2D eigenvalue weighted by Crippen LogP contribution is 2.21. The molecule has 1 unspecified atom stereocenters. The van der Waals surface area contributed by atoms with Crippen molar-refractivity contribution >= 4 is 5.91 Å². The molecule has 1 fully saturated rings. The van der Waals surface area contributed by atoms with E-state index in [9.17, 15) is 4.79 Å². The molecule has 1 amide bonds. The van der Waals surface area contributed by atoms with E-state index in [4.69, 9.17) is 4.74 Å². The van der Waals surface area contributed by atoms with Gasteiger partial charge in [0.05, 0.1) is 12.6 Å². The van der Waals surface area contributed by atoms with Crippen molar-refractivity contribution in [1.82, 2.24) is 10.2 Å². The molecule has 20 heavy (non-hydrogen) atoms. The predicted molar refractivity (Wildman–Crippen MR) is 77.3 cm³/mol. The second-order valence-electron chi connectivity index (χ2n) is 5.80. The summed E-state index contributed by atoms with van der Waals surface area (Å²) in [5.41, 5.74) is 2.62. The smallest absolute Gasteiger partial charge is 0.240 e. The van der Waals surface area contributed by atoms with Crippen LogP contribution in [0.25, 0.3) is 0 Å². The van der Waals surface area contributed by atoms with E-state index >= 15 is 0 Å². The highest BCUT2D eigenvalue weighted by Gasteiger charge is 2.32. The highest BCUT2D eigenvalue weighted by molar-refractivity contribution is 5.82. The number of nitrogens with one attached hydrogen (secondary N) is 1. The Balaban J connectivity index is 1.62.